The number of nitrogens with zero attached hydrogens (tertiary/aromatic N) is 3. The number of aryl methyl sites for hydroxylation is 2. The number of amides is 1. The van der Waals surface area contributed by atoms with E-state index in [4.69, 9.17) is 21.1 Å². The van der Waals surface area contributed by atoms with Crippen molar-refractivity contribution in [3.63, 3.8) is 0 Å². The normalized spacial score (nSPS) is 11.7. The first kappa shape index (κ1) is 27.7. The number of anilines is 1. The molecule has 1 amide bonds. The SMILES string of the molecule is COC(=O)c1c(NC(=O)CSc2nnc(C(C)Oc3ccc(Cl)cc3C)n2C)sc(C)c1-c1ccccc1. The van der Waals surface area contributed by atoms with Crippen LogP contribution in [0.25, 0.3) is 11.1 Å². The Balaban J connectivity index is 1.45. The van der Waals surface area contributed by atoms with Gasteiger partial charge in [0.25, 0.3) is 0 Å². The molecule has 1 unspecified atom stereocenters. The number of carbonyl (C=O) groups is 2. The molecule has 2 heterocycles. The van der Waals surface area contributed by atoms with Gasteiger partial charge in [-0.05, 0) is 50.1 Å². The molecule has 0 aliphatic heterocycles. The molecule has 8 nitrogen and oxygen atoms in total. The molecule has 4 rings (SSSR count). The fraction of sp³-hybridized carbons (Fsp3) is 0.259. The number of carbonyl (C=O) groups excluding carboxylic acids is 2. The Labute approximate surface area is 234 Å². The second kappa shape index (κ2) is 12.0. The van der Waals surface area contributed by atoms with Crippen molar-refractivity contribution in [2.24, 2.45) is 7.05 Å². The molecule has 2 aromatic heterocycles. The molecule has 198 valence electrons. The predicted octanol–water partition coefficient (Wildman–Crippen LogP) is 6.47. The Morgan fingerprint density at radius 2 is 1.89 bits per heavy atom. The molecular formula is C27H27ClN4O4S2. The third kappa shape index (κ3) is 6.03. The quantitative estimate of drug-likeness (QED) is 0.182. The molecular weight excluding hydrogens is 544 g/mol. The van der Waals surface area contributed by atoms with Crippen molar-refractivity contribution in [1.82, 2.24) is 14.8 Å². The van der Waals surface area contributed by atoms with E-state index in [9.17, 15) is 9.59 Å². The number of halogens is 1. The van der Waals surface area contributed by atoms with Gasteiger partial charge >= 0.3 is 5.97 Å². The van der Waals surface area contributed by atoms with E-state index in [2.05, 4.69) is 15.5 Å². The van der Waals surface area contributed by atoms with E-state index in [0.717, 1.165) is 21.6 Å². The number of thiophene rings is 1. The Morgan fingerprint density at radius 3 is 2.58 bits per heavy atom. The lowest BCUT2D eigenvalue weighted by Crippen LogP contribution is -2.16. The van der Waals surface area contributed by atoms with Crippen molar-refractivity contribution in [2.45, 2.75) is 32.0 Å². The monoisotopic (exact) mass is 570 g/mol. The number of rotatable bonds is 9. The lowest BCUT2D eigenvalue weighted by molar-refractivity contribution is -0.113. The van der Waals surface area contributed by atoms with E-state index in [-0.39, 0.29) is 17.8 Å². The van der Waals surface area contributed by atoms with Crippen molar-refractivity contribution in [2.75, 3.05) is 18.2 Å². The van der Waals surface area contributed by atoms with Gasteiger partial charge in [-0.1, -0.05) is 53.7 Å². The standard InChI is InChI=1S/C27H27ClN4O4S2/c1-15-13-19(28)11-12-20(15)36-16(2)24-30-31-27(32(24)4)37-14-21(33)29-25-23(26(34)35-5)22(17(3)38-25)18-9-7-6-8-10-18/h6-13,16H,14H2,1-5H3,(H,29,33). The zero-order valence-electron chi connectivity index (χ0n) is 21.6. The molecule has 1 N–H and O–H groups in total. The van der Waals surface area contributed by atoms with Crippen molar-refractivity contribution in [3.05, 3.63) is 75.4 Å². The number of benzene rings is 2. The highest BCUT2D eigenvalue weighted by molar-refractivity contribution is 7.99. The topological polar surface area (TPSA) is 95.3 Å². The van der Waals surface area contributed by atoms with Crippen molar-refractivity contribution in [3.8, 4) is 16.9 Å². The highest BCUT2D eigenvalue weighted by atomic mass is 35.5. The molecule has 0 saturated carbocycles. The Morgan fingerprint density at radius 1 is 1.16 bits per heavy atom. The molecule has 0 fully saturated rings. The summed E-state index contributed by atoms with van der Waals surface area (Å²) in [5, 5.41) is 13.1. The number of ether oxygens (including phenoxy) is 2. The molecule has 4 aromatic rings. The van der Waals surface area contributed by atoms with Gasteiger partial charge in [0, 0.05) is 22.5 Å². The second-order valence-electron chi connectivity index (χ2n) is 8.50. The molecule has 1 atom stereocenters. The van der Waals surface area contributed by atoms with Crippen LogP contribution in [0.4, 0.5) is 5.00 Å². The summed E-state index contributed by atoms with van der Waals surface area (Å²) in [5.41, 5.74) is 2.91. The molecule has 0 bridgehead atoms. The van der Waals surface area contributed by atoms with Crippen LogP contribution >= 0.6 is 34.7 Å². The molecule has 0 radical (unpaired) electrons. The summed E-state index contributed by atoms with van der Waals surface area (Å²) < 4.78 is 12.9. The fourth-order valence-electron chi connectivity index (χ4n) is 3.97. The van der Waals surface area contributed by atoms with Crippen LogP contribution < -0.4 is 10.1 Å². The smallest absolute Gasteiger partial charge is 0.341 e. The molecule has 0 aliphatic rings. The third-order valence-corrected chi connectivity index (χ3v) is 8.07. The van der Waals surface area contributed by atoms with Gasteiger partial charge in [0.1, 0.15) is 16.3 Å². The first-order valence-electron chi connectivity index (χ1n) is 11.7. The summed E-state index contributed by atoms with van der Waals surface area (Å²) in [7, 11) is 3.16. The van der Waals surface area contributed by atoms with E-state index in [1.54, 1.807) is 10.6 Å². The largest absolute Gasteiger partial charge is 0.482 e. The van der Waals surface area contributed by atoms with E-state index in [1.165, 1.54) is 30.2 Å². The highest BCUT2D eigenvalue weighted by Gasteiger charge is 2.25. The zero-order chi connectivity index (χ0) is 27.4. The van der Waals surface area contributed by atoms with Crippen LogP contribution in [-0.4, -0.2) is 39.5 Å². The van der Waals surface area contributed by atoms with Crippen LogP contribution in [0, 0.1) is 13.8 Å². The lowest BCUT2D eigenvalue weighted by Gasteiger charge is -2.16. The minimum atomic E-state index is -0.501. The summed E-state index contributed by atoms with van der Waals surface area (Å²) in [4.78, 5) is 26.5. The number of aromatic nitrogens is 3. The van der Waals surface area contributed by atoms with Crippen molar-refractivity contribution in [1.29, 1.82) is 0 Å². The van der Waals surface area contributed by atoms with E-state index < -0.39 is 5.97 Å². The number of esters is 1. The van der Waals surface area contributed by atoms with Crippen LogP contribution in [-0.2, 0) is 16.6 Å². The minimum absolute atomic E-state index is 0.0791. The van der Waals surface area contributed by atoms with Crippen molar-refractivity contribution >= 4 is 51.6 Å². The Bertz CT molecular complexity index is 1470. The zero-order valence-corrected chi connectivity index (χ0v) is 24.0. The van der Waals surface area contributed by atoms with Crippen LogP contribution in [0.3, 0.4) is 0 Å². The lowest BCUT2D eigenvalue weighted by atomic mass is 10.0. The predicted molar refractivity (Wildman–Crippen MR) is 151 cm³/mol. The van der Waals surface area contributed by atoms with Crippen LogP contribution in [0.1, 0.15) is 39.7 Å². The molecule has 11 heteroatoms. The van der Waals surface area contributed by atoms with Gasteiger partial charge in [-0.2, -0.15) is 0 Å². The highest BCUT2D eigenvalue weighted by Crippen LogP contribution is 2.40. The van der Waals surface area contributed by atoms with Gasteiger partial charge in [-0.25, -0.2) is 4.79 Å². The molecule has 0 spiro atoms. The molecule has 0 aliphatic carbocycles. The van der Waals surface area contributed by atoms with Crippen LogP contribution in [0.2, 0.25) is 5.02 Å². The second-order valence-corrected chi connectivity index (χ2v) is 11.1. The summed E-state index contributed by atoms with van der Waals surface area (Å²) in [6.07, 6.45) is -0.372. The summed E-state index contributed by atoms with van der Waals surface area (Å²) >= 11 is 8.63. The third-order valence-electron chi connectivity index (χ3n) is 5.79. The summed E-state index contributed by atoms with van der Waals surface area (Å²) in [5.74, 6) is 0.638. The average Bonchev–Trinajstić information content (AvgIpc) is 3.43. The van der Waals surface area contributed by atoms with Gasteiger partial charge in [0.2, 0.25) is 5.91 Å². The summed E-state index contributed by atoms with van der Waals surface area (Å²) in [6, 6.07) is 15.0. The first-order chi connectivity index (χ1) is 18.2. The number of methoxy groups -OCH3 is 1. The molecule has 38 heavy (non-hydrogen) atoms. The minimum Gasteiger partial charge on any atom is -0.482 e. The maximum atomic E-state index is 12.9. The number of hydrogen-bond donors (Lipinski definition) is 1. The van der Waals surface area contributed by atoms with Crippen molar-refractivity contribution < 1.29 is 19.1 Å². The van der Waals surface area contributed by atoms with Crippen LogP contribution in [0.5, 0.6) is 5.75 Å². The Hall–Kier alpha value is -3.34. The van der Waals surface area contributed by atoms with Gasteiger partial charge in [0.15, 0.2) is 17.1 Å². The Kier molecular flexibility index (Phi) is 8.76. The maximum Gasteiger partial charge on any atom is 0.341 e. The average molecular weight is 571 g/mol. The first-order valence-corrected chi connectivity index (χ1v) is 13.9. The van der Waals surface area contributed by atoms with Gasteiger partial charge in [-0.3, -0.25) is 4.79 Å². The fourth-order valence-corrected chi connectivity index (χ4v) is 5.99. The van der Waals surface area contributed by atoms with E-state index in [1.807, 2.05) is 70.3 Å². The molecule has 2 aromatic carbocycles. The summed E-state index contributed by atoms with van der Waals surface area (Å²) in [6.45, 7) is 5.73. The number of nitrogens with one attached hydrogen (secondary N) is 1. The number of thioether (sulfide) groups is 1. The molecule has 0 saturated heterocycles. The van der Waals surface area contributed by atoms with Gasteiger partial charge in [0.05, 0.1) is 12.9 Å². The maximum absolute atomic E-state index is 12.9. The number of hydrogen-bond acceptors (Lipinski definition) is 8. The van der Waals surface area contributed by atoms with Gasteiger partial charge < -0.3 is 19.4 Å². The van der Waals surface area contributed by atoms with Gasteiger partial charge in [-0.15, -0.1) is 21.5 Å². The van der Waals surface area contributed by atoms with Crippen LogP contribution in [0.15, 0.2) is 53.7 Å². The van der Waals surface area contributed by atoms with E-state index >= 15 is 0 Å². The van der Waals surface area contributed by atoms with E-state index in [0.29, 0.717) is 32.3 Å².